The Balaban J connectivity index is 1.97. The molecule has 0 bridgehead atoms. The second kappa shape index (κ2) is 7.12. The van der Waals surface area contributed by atoms with E-state index in [4.69, 9.17) is 0 Å². The highest BCUT2D eigenvalue weighted by Crippen LogP contribution is 2.15. The molecule has 81 valence electrons. The van der Waals surface area contributed by atoms with E-state index >= 15 is 0 Å². The minimum Gasteiger partial charge on any atom is -0.355 e. The molecule has 1 aliphatic heterocycles. The van der Waals surface area contributed by atoms with Crippen molar-refractivity contribution >= 4 is 17.9 Å². The highest BCUT2D eigenvalue weighted by molar-refractivity contribution is 7.97. The lowest BCUT2D eigenvalue weighted by molar-refractivity contribution is -0.122. The van der Waals surface area contributed by atoms with Crippen molar-refractivity contribution in [2.45, 2.75) is 45.1 Å². The van der Waals surface area contributed by atoms with Crippen LogP contribution in [0.3, 0.4) is 0 Å². The Morgan fingerprint density at radius 3 is 3.00 bits per heavy atom. The van der Waals surface area contributed by atoms with Gasteiger partial charge >= 0.3 is 0 Å². The maximum atomic E-state index is 11.5. The molecule has 0 aromatic heterocycles. The number of rotatable bonds is 6. The third kappa shape index (κ3) is 4.33. The fraction of sp³-hybridized carbons (Fsp3) is 0.900. The summed E-state index contributed by atoms with van der Waals surface area (Å²) in [6, 6.07) is -0.0776. The van der Waals surface area contributed by atoms with Crippen LogP contribution in [0.2, 0.25) is 0 Å². The summed E-state index contributed by atoms with van der Waals surface area (Å²) in [5.74, 6) is 1.11. The van der Waals surface area contributed by atoms with Crippen molar-refractivity contribution in [1.29, 1.82) is 0 Å². The first kappa shape index (κ1) is 11.9. The summed E-state index contributed by atoms with van der Waals surface area (Å²) in [6.45, 7) is 3.00. The van der Waals surface area contributed by atoms with E-state index in [-0.39, 0.29) is 11.9 Å². The zero-order chi connectivity index (χ0) is 10.2. The third-order valence-electron chi connectivity index (χ3n) is 2.32. The number of carbonyl (C=O) groups excluding carboxylic acids is 1. The molecule has 1 heterocycles. The van der Waals surface area contributed by atoms with Gasteiger partial charge in [-0.2, -0.15) is 4.72 Å². The van der Waals surface area contributed by atoms with E-state index in [9.17, 15) is 4.79 Å². The van der Waals surface area contributed by atoms with E-state index in [1.54, 1.807) is 0 Å². The van der Waals surface area contributed by atoms with Crippen molar-refractivity contribution in [2.24, 2.45) is 0 Å². The lowest BCUT2D eigenvalue weighted by atomic mass is 10.2. The molecular formula is C10H19N2OS. The maximum absolute atomic E-state index is 11.5. The average molecular weight is 215 g/mol. The molecule has 1 saturated heterocycles. The van der Waals surface area contributed by atoms with Gasteiger partial charge in [0.05, 0.1) is 0 Å². The highest BCUT2D eigenvalue weighted by atomic mass is 32.2. The van der Waals surface area contributed by atoms with Crippen molar-refractivity contribution in [3.8, 4) is 0 Å². The predicted molar refractivity (Wildman–Crippen MR) is 60.1 cm³/mol. The van der Waals surface area contributed by atoms with Gasteiger partial charge in [0.2, 0.25) is 5.91 Å². The number of unbranched alkanes of at least 4 members (excludes halogenated alkanes) is 3. The minimum absolute atomic E-state index is 0.0776. The van der Waals surface area contributed by atoms with Crippen LogP contribution in [0.1, 0.15) is 39.0 Å². The molecule has 1 unspecified atom stereocenters. The third-order valence-corrected chi connectivity index (χ3v) is 3.14. The van der Waals surface area contributed by atoms with Crippen molar-refractivity contribution in [3.05, 3.63) is 0 Å². The van der Waals surface area contributed by atoms with Crippen LogP contribution >= 0.6 is 11.9 Å². The summed E-state index contributed by atoms with van der Waals surface area (Å²) in [4.78, 5) is 11.5. The lowest BCUT2D eigenvalue weighted by Crippen LogP contribution is -2.36. The van der Waals surface area contributed by atoms with Crippen molar-refractivity contribution in [3.63, 3.8) is 0 Å². The van der Waals surface area contributed by atoms with E-state index in [0.717, 1.165) is 25.1 Å². The Morgan fingerprint density at radius 1 is 1.50 bits per heavy atom. The monoisotopic (exact) mass is 215 g/mol. The van der Waals surface area contributed by atoms with Gasteiger partial charge in [-0.15, -0.1) is 0 Å². The first-order valence-electron chi connectivity index (χ1n) is 5.44. The fourth-order valence-electron chi connectivity index (χ4n) is 1.42. The predicted octanol–water partition coefficient (Wildman–Crippen LogP) is 1.71. The van der Waals surface area contributed by atoms with Gasteiger partial charge in [-0.05, 0) is 12.8 Å². The van der Waals surface area contributed by atoms with Gasteiger partial charge < -0.3 is 5.32 Å². The molecule has 1 fully saturated rings. The average Bonchev–Trinajstić information content (AvgIpc) is 2.70. The molecule has 1 rings (SSSR count). The fourth-order valence-corrected chi connectivity index (χ4v) is 2.24. The molecule has 1 N–H and O–H groups in total. The Hall–Kier alpha value is -0.220. The van der Waals surface area contributed by atoms with Crippen LogP contribution in [0, 0.1) is 0 Å². The van der Waals surface area contributed by atoms with Crippen LogP contribution in [-0.2, 0) is 4.79 Å². The van der Waals surface area contributed by atoms with E-state index in [1.165, 1.54) is 31.2 Å². The second-order valence-electron chi connectivity index (χ2n) is 3.59. The first-order valence-corrected chi connectivity index (χ1v) is 6.38. The van der Waals surface area contributed by atoms with Gasteiger partial charge in [0.1, 0.15) is 6.04 Å². The normalized spacial score (nSPS) is 21.1. The Bertz CT molecular complexity index is 170. The molecule has 0 aliphatic carbocycles. The molecule has 0 saturated carbocycles. The Morgan fingerprint density at radius 2 is 2.36 bits per heavy atom. The number of hydrogen-bond acceptors (Lipinski definition) is 2. The smallest absolute Gasteiger partial charge is 0.239 e. The van der Waals surface area contributed by atoms with Crippen molar-refractivity contribution in [1.82, 2.24) is 10.0 Å². The van der Waals surface area contributed by atoms with Crippen LogP contribution in [0.5, 0.6) is 0 Å². The molecule has 1 aliphatic rings. The minimum atomic E-state index is -0.0776. The van der Waals surface area contributed by atoms with E-state index < -0.39 is 0 Å². The van der Waals surface area contributed by atoms with E-state index in [1.807, 2.05) is 0 Å². The molecule has 3 nitrogen and oxygen atoms in total. The second-order valence-corrected chi connectivity index (χ2v) is 4.47. The summed E-state index contributed by atoms with van der Waals surface area (Å²) in [6.07, 6.45) is 5.72. The van der Waals surface area contributed by atoms with Crippen LogP contribution in [0.4, 0.5) is 0 Å². The van der Waals surface area contributed by atoms with Gasteiger partial charge in [0, 0.05) is 12.3 Å². The van der Waals surface area contributed by atoms with Crippen LogP contribution in [0.25, 0.3) is 0 Å². The number of nitrogens with zero attached hydrogens (tertiary/aromatic N) is 1. The number of carbonyl (C=O) groups is 1. The molecular weight excluding hydrogens is 196 g/mol. The number of hydrogen-bond donors (Lipinski definition) is 1. The molecule has 0 spiro atoms. The summed E-state index contributed by atoms with van der Waals surface area (Å²) < 4.78 is 4.16. The molecule has 0 aromatic carbocycles. The maximum Gasteiger partial charge on any atom is 0.239 e. The molecule has 0 aromatic rings. The first-order chi connectivity index (χ1) is 6.84. The molecule has 1 amide bonds. The van der Waals surface area contributed by atoms with Crippen LogP contribution in [0.15, 0.2) is 0 Å². The van der Waals surface area contributed by atoms with E-state index in [0.29, 0.717) is 0 Å². The summed E-state index contributed by atoms with van der Waals surface area (Å²) in [5.41, 5.74) is 0. The largest absolute Gasteiger partial charge is 0.355 e. The van der Waals surface area contributed by atoms with E-state index in [2.05, 4.69) is 17.0 Å². The topological polar surface area (TPSA) is 43.2 Å². The van der Waals surface area contributed by atoms with Crippen LogP contribution < -0.4 is 10.0 Å². The molecule has 1 radical (unpaired) electrons. The van der Waals surface area contributed by atoms with Gasteiger partial charge in [-0.1, -0.05) is 38.1 Å². The number of amides is 1. The van der Waals surface area contributed by atoms with Gasteiger partial charge in [-0.3, -0.25) is 4.79 Å². The van der Waals surface area contributed by atoms with Crippen molar-refractivity contribution in [2.75, 3.05) is 12.3 Å². The molecule has 14 heavy (non-hydrogen) atoms. The zero-order valence-electron chi connectivity index (χ0n) is 8.79. The van der Waals surface area contributed by atoms with Gasteiger partial charge in [0.15, 0.2) is 0 Å². The van der Waals surface area contributed by atoms with Gasteiger partial charge in [-0.25, -0.2) is 0 Å². The van der Waals surface area contributed by atoms with Crippen molar-refractivity contribution < 1.29 is 4.79 Å². The Labute approximate surface area is 90.5 Å². The zero-order valence-corrected chi connectivity index (χ0v) is 9.61. The number of nitrogens with one attached hydrogen (secondary N) is 1. The lowest BCUT2D eigenvalue weighted by Gasteiger charge is -2.08. The quantitative estimate of drug-likeness (QED) is 0.541. The summed E-state index contributed by atoms with van der Waals surface area (Å²) in [7, 11) is 0. The molecule has 1 atom stereocenters. The molecule has 4 heteroatoms. The highest BCUT2D eigenvalue weighted by Gasteiger charge is 2.23. The SMILES string of the molecule is CCCCCCNC(=O)C1CCS[N]1. The summed E-state index contributed by atoms with van der Waals surface area (Å²) >= 11 is 1.52. The Kier molecular flexibility index (Phi) is 6.03. The summed E-state index contributed by atoms with van der Waals surface area (Å²) in [5, 5.41) is 2.94. The standard InChI is InChI=1S/C10H19N2OS/c1-2-3-4-5-7-11-10(13)9-6-8-14-12-9/h9H,2-8H2,1H3,(H,11,13). The van der Waals surface area contributed by atoms with Gasteiger partial charge in [0.25, 0.3) is 0 Å². The van der Waals surface area contributed by atoms with Crippen LogP contribution in [-0.4, -0.2) is 24.2 Å².